The van der Waals surface area contributed by atoms with Crippen LogP contribution in [0.3, 0.4) is 0 Å². The van der Waals surface area contributed by atoms with Gasteiger partial charge in [-0.2, -0.15) is 6.42 Å². The molecule has 3 heteroatoms. The molecule has 0 saturated heterocycles. The Morgan fingerprint density at radius 2 is 1.79 bits per heavy atom. The zero-order chi connectivity index (χ0) is 9.82. The first-order valence-electron chi connectivity index (χ1n) is 4.17. The van der Waals surface area contributed by atoms with Crippen molar-refractivity contribution in [2.75, 3.05) is 0 Å². The predicted molar refractivity (Wildman–Crippen MR) is 66.0 cm³/mol. The van der Waals surface area contributed by atoms with Gasteiger partial charge in [-0.25, -0.2) is 6.61 Å². The van der Waals surface area contributed by atoms with E-state index in [-0.39, 0.29) is 7.43 Å². The Hall–Kier alpha value is -1.34. The van der Waals surface area contributed by atoms with Gasteiger partial charge in [0.2, 0.25) is 0 Å². The second kappa shape index (κ2) is 22.6. The fourth-order valence-corrected chi connectivity index (χ4v) is 0.812. The average molecular weight is 467 g/mol. The zero-order valence-corrected chi connectivity index (χ0v) is 16.5. The minimum atomic E-state index is -0.805. The van der Waals surface area contributed by atoms with E-state index in [1.807, 2.05) is 12.7 Å². The van der Waals surface area contributed by atoms with Crippen LogP contribution in [-0.2, 0) is 4.43 Å². The Balaban J connectivity index is -0.0000000733. The van der Waals surface area contributed by atoms with Crippen molar-refractivity contribution in [1.29, 1.82) is 0 Å². The molecule has 14 heavy (non-hydrogen) atoms. The fourth-order valence-electron chi connectivity index (χ4n) is 0.316. The summed E-state index contributed by atoms with van der Waals surface area (Å²) < 4.78 is 5.22. The summed E-state index contributed by atoms with van der Waals surface area (Å²) in [6.45, 7) is 16.6. The van der Waals surface area contributed by atoms with Crippen molar-refractivity contribution in [3.05, 3.63) is 38.8 Å². The summed E-state index contributed by atoms with van der Waals surface area (Å²) in [6.07, 6.45) is 5.29. The summed E-state index contributed by atoms with van der Waals surface area (Å²) in [5, 5.41) is 0. The van der Waals surface area contributed by atoms with E-state index in [4.69, 9.17) is 4.43 Å². The van der Waals surface area contributed by atoms with Crippen molar-refractivity contribution in [2.24, 2.45) is 0 Å². The van der Waals surface area contributed by atoms with Crippen LogP contribution in [0.1, 0.15) is 20.3 Å². The van der Waals surface area contributed by atoms with Crippen LogP contribution in [0.2, 0.25) is 13.1 Å². The van der Waals surface area contributed by atoms with Gasteiger partial charge in [0.15, 0.2) is 0 Å². The first kappa shape index (κ1) is 22.9. The molecular formula is C11H24ORfSi-2. The van der Waals surface area contributed by atoms with Crippen LogP contribution in [0.4, 0.5) is 0 Å². The maximum atomic E-state index is 5.22. The number of hydrogen-bond donors (Lipinski definition) is 0. The van der Waals surface area contributed by atoms with E-state index in [1.54, 1.807) is 6.08 Å². The SMILES string of the molecule is C.C=CC[CH-]O[SiH](C)C.C=CC[CH2-].[Rf]. The Morgan fingerprint density at radius 3 is 2.00 bits per heavy atom. The summed E-state index contributed by atoms with van der Waals surface area (Å²) in [5.41, 5.74) is 0. The molecule has 0 atom stereocenters. The second-order valence-electron chi connectivity index (χ2n) is 2.45. The van der Waals surface area contributed by atoms with Gasteiger partial charge in [-0.05, 0) is 0 Å². The quantitative estimate of drug-likeness (QED) is 0.259. The van der Waals surface area contributed by atoms with E-state index in [2.05, 4.69) is 33.2 Å². The summed E-state index contributed by atoms with van der Waals surface area (Å²) in [5.74, 6) is 0. The van der Waals surface area contributed by atoms with Gasteiger partial charge in [-0.1, -0.05) is 20.5 Å². The monoisotopic (exact) mass is 467 g/mol. The van der Waals surface area contributed by atoms with Gasteiger partial charge in [0.1, 0.15) is 9.04 Å². The molecule has 0 aliphatic rings. The van der Waals surface area contributed by atoms with E-state index in [0.29, 0.717) is 0 Å². The third-order valence-electron chi connectivity index (χ3n) is 0.835. The van der Waals surface area contributed by atoms with Crippen molar-refractivity contribution in [1.82, 2.24) is 0 Å². The molecule has 0 saturated carbocycles. The summed E-state index contributed by atoms with van der Waals surface area (Å²) in [7, 11) is -0.805. The molecule has 0 aromatic rings. The van der Waals surface area contributed by atoms with Gasteiger partial charge < -0.3 is 11.3 Å². The van der Waals surface area contributed by atoms with Crippen LogP contribution >= 0.6 is 0 Å². The van der Waals surface area contributed by atoms with Crippen molar-refractivity contribution in [3.63, 3.8) is 0 Å². The summed E-state index contributed by atoms with van der Waals surface area (Å²) in [4.78, 5) is 0. The van der Waals surface area contributed by atoms with Crippen molar-refractivity contribution < 1.29 is 4.43 Å². The molecule has 1 nitrogen and oxygen atoms in total. The molecule has 0 bridgehead atoms. The first-order chi connectivity index (χ1) is 5.68. The van der Waals surface area contributed by atoms with Gasteiger partial charge in [-0.15, -0.1) is 31.7 Å². The number of rotatable bonds is 5. The maximum absolute atomic E-state index is 5.22. The zero-order valence-electron chi connectivity index (χ0n) is 8.96. The normalized spacial score (nSPS) is 7.43. The Morgan fingerprint density at radius 1 is 1.36 bits per heavy atom. The van der Waals surface area contributed by atoms with Gasteiger partial charge in [0.25, 0.3) is 0 Å². The van der Waals surface area contributed by atoms with Gasteiger partial charge >= 0.3 is 0 Å². The molecule has 0 rings (SSSR count). The molecule has 0 fully saturated rings. The maximum Gasteiger partial charge on any atom is 0.135 e. The van der Waals surface area contributed by atoms with Crippen LogP contribution in [0.5, 0.6) is 0 Å². The number of allylic oxidation sites excluding steroid dienone is 1. The minimum Gasteiger partial charge on any atom is -0.594 e. The molecule has 0 aromatic heterocycles. The Bertz CT molecular complexity index is 105. The van der Waals surface area contributed by atoms with Crippen LogP contribution in [-0.4, -0.2) is 9.04 Å². The molecule has 0 aromatic carbocycles. The molecule has 0 amide bonds. The molecule has 0 radical (unpaired) electrons. The topological polar surface area (TPSA) is 9.23 Å². The van der Waals surface area contributed by atoms with Crippen molar-refractivity contribution in [3.8, 4) is 0 Å². The van der Waals surface area contributed by atoms with E-state index < -0.39 is 9.04 Å². The molecule has 0 spiro atoms. The minimum absolute atomic E-state index is 0. The standard InChI is InChI=1S/C6H13OSi.C4H7.CH4.Rf/c1-4-5-6-7-8(2)3;1-3-4-2;;/h4,6,8H,1,5H2,2-3H3;3H,1-2,4H2;1H4;/q2*-1;;. The van der Waals surface area contributed by atoms with Crippen LogP contribution in [0, 0.1) is 13.5 Å². The largest absolute Gasteiger partial charge is 0.594 e. The van der Waals surface area contributed by atoms with E-state index >= 15 is 0 Å². The molecule has 0 aliphatic heterocycles. The Kier molecular flexibility index (Phi) is 37.0. The van der Waals surface area contributed by atoms with Gasteiger partial charge in [0.05, 0.1) is 0 Å². The van der Waals surface area contributed by atoms with E-state index in [0.717, 1.165) is 12.8 Å². The van der Waals surface area contributed by atoms with Gasteiger partial charge in [-0.3, -0.25) is 0 Å². The molecular weight excluding hydrogens is 443 g/mol. The van der Waals surface area contributed by atoms with Crippen LogP contribution in [0.15, 0.2) is 25.3 Å². The van der Waals surface area contributed by atoms with Gasteiger partial charge in [0, 0.05) is 0 Å². The average Bonchev–Trinajstić information content (AvgIpc) is 2.05. The van der Waals surface area contributed by atoms with Crippen molar-refractivity contribution in [2.45, 2.75) is 33.4 Å². The third kappa shape index (κ3) is 45.8. The summed E-state index contributed by atoms with van der Waals surface area (Å²) in [6, 6.07) is 0. The van der Waals surface area contributed by atoms with Crippen molar-refractivity contribution >= 4 is 9.04 Å². The van der Waals surface area contributed by atoms with E-state index in [1.165, 1.54) is 0 Å². The summed E-state index contributed by atoms with van der Waals surface area (Å²) >= 11 is 0. The second-order valence-corrected chi connectivity index (χ2v) is 4.82. The smallest absolute Gasteiger partial charge is 0.135 e. The molecule has 0 aliphatic carbocycles. The fraction of sp³-hybridized carbons (Fsp3) is 0.455. The third-order valence-corrected chi connectivity index (χ3v) is 1.57. The Labute approximate surface area is 86.2 Å². The molecule has 0 heterocycles. The molecule has 82 valence electrons. The predicted octanol–water partition coefficient (Wildman–Crippen LogP) is 3.76. The number of hydrogen-bond acceptors (Lipinski definition) is 1. The van der Waals surface area contributed by atoms with Crippen LogP contribution in [0.25, 0.3) is 0 Å². The molecule has 0 unspecified atom stereocenters. The van der Waals surface area contributed by atoms with Crippen LogP contribution < -0.4 is 0 Å². The first-order valence-corrected chi connectivity index (χ1v) is 6.95. The van der Waals surface area contributed by atoms with E-state index in [9.17, 15) is 0 Å². The molecule has 0 N–H and O–H groups in total.